The molecule has 0 radical (unpaired) electrons. The second kappa shape index (κ2) is 8.79. The molecule has 3 aromatic rings. The molecule has 1 atom stereocenters. The van der Waals surface area contributed by atoms with Gasteiger partial charge in [-0.1, -0.05) is 23.7 Å². The van der Waals surface area contributed by atoms with Crippen LogP contribution in [0.5, 0.6) is 17.4 Å². The highest BCUT2D eigenvalue weighted by Crippen LogP contribution is 2.35. The molecule has 3 rings (SSSR count). The highest BCUT2D eigenvalue weighted by atomic mass is 35.5. The number of nitrogens with zero attached hydrogens (tertiary/aromatic N) is 1. The zero-order valence-corrected chi connectivity index (χ0v) is 16.8. The first kappa shape index (κ1) is 21.7. The van der Waals surface area contributed by atoms with Gasteiger partial charge in [-0.15, -0.1) is 0 Å². The molecule has 5 nitrogen and oxygen atoms in total. The van der Waals surface area contributed by atoms with Gasteiger partial charge in [0.05, 0.1) is 12.2 Å². The van der Waals surface area contributed by atoms with Gasteiger partial charge >= 0.3 is 12.1 Å². The van der Waals surface area contributed by atoms with Gasteiger partial charge in [0.25, 0.3) is 0 Å². The first-order valence-electron chi connectivity index (χ1n) is 8.95. The Hall–Kier alpha value is -3.00. The number of benzene rings is 2. The number of ether oxygens (including phenoxy) is 3. The number of esters is 1. The van der Waals surface area contributed by atoms with E-state index in [1.807, 2.05) is 0 Å². The first-order chi connectivity index (χ1) is 14.2. The maximum atomic E-state index is 12.7. The molecule has 0 saturated heterocycles. The molecule has 158 valence electrons. The number of fused-ring (bicyclic) bond motifs is 1. The Balaban J connectivity index is 1.82. The fraction of sp³-hybridized carbons (Fsp3) is 0.238. The van der Waals surface area contributed by atoms with Crippen LogP contribution in [0.15, 0.2) is 48.7 Å². The Morgan fingerprint density at radius 3 is 2.40 bits per heavy atom. The Kier molecular flexibility index (Phi) is 6.36. The predicted molar refractivity (Wildman–Crippen MR) is 105 cm³/mol. The van der Waals surface area contributed by atoms with Crippen molar-refractivity contribution in [1.82, 2.24) is 4.98 Å². The lowest BCUT2D eigenvalue weighted by atomic mass is 10.1. The van der Waals surface area contributed by atoms with Gasteiger partial charge in [0, 0.05) is 6.20 Å². The molecule has 1 unspecified atom stereocenters. The van der Waals surface area contributed by atoms with Gasteiger partial charge in [-0.05, 0) is 55.0 Å². The summed E-state index contributed by atoms with van der Waals surface area (Å²) >= 11 is 5.89. The fourth-order valence-electron chi connectivity index (χ4n) is 2.62. The highest BCUT2D eigenvalue weighted by molar-refractivity contribution is 6.31. The molecule has 0 bridgehead atoms. The molecule has 2 aromatic carbocycles. The molecule has 0 N–H and O–H groups in total. The van der Waals surface area contributed by atoms with E-state index in [0.29, 0.717) is 17.7 Å². The Labute approximate surface area is 175 Å². The van der Waals surface area contributed by atoms with Crippen molar-refractivity contribution < 1.29 is 32.2 Å². The van der Waals surface area contributed by atoms with Crippen molar-refractivity contribution in [2.75, 3.05) is 6.61 Å². The predicted octanol–water partition coefficient (Wildman–Crippen LogP) is 6.03. The molecule has 0 aliphatic carbocycles. The van der Waals surface area contributed by atoms with Crippen molar-refractivity contribution >= 4 is 28.3 Å². The van der Waals surface area contributed by atoms with Crippen LogP contribution in [0.2, 0.25) is 5.02 Å². The van der Waals surface area contributed by atoms with Crippen LogP contribution < -0.4 is 9.47 Å². The molecular weight excluding hydrogens is 423 g/mol. The van der Waals surface area contributed by atoms with Crippen molar-refractivity contribution in [3.05, 3.63) is 59.2 Å². The molecule has 0 aliphatic heterocycles. The second-order valence-electron chi connectivity index (χ2n) is 6.29. The number of pyridine rings is 1. The zero-order chi connectivity index (χ0) is 21.9. The van der Waals surface area contributed by atoms with Gasteiger partial charge in [-0.3, -0.25) is 0 Å². The molecule has 0 amide bonds. The van der Waals surface area contributed by atoms with Crippen molar-refractivity contribution in [2.45, 2.75) is 26.1 Å². The van der Waals surface area contributed by atoms with Crippen molar-refractivity contribution in [1.29, 1.82) is 0 Å². The van der Waals surface area contributed by atoms with Crippen molar-refractivity contribution in [2.24, 2.45) is 0 Å². The number of rotatable bonds is 6. The van der Waals surface area contributed by atoms with Gasteiger partial charge in [0.1, 0.15) is 16.5 Å². The molecular formula is C21H17ClF3NO4. The second-order valence-corrected chi connectivity index (χ2v) is 6.70. The molecule has 0 aliphatic rings. The number of alkyl halides is 3. The number of carbonyl (C=O) groups excluding carboxylic acids is 1. The molecule has 30 heavy (non-hydrogen) atoms. The summed E-state index contributed by atoms with van der Waals surface area (Å²) in [7, 11) is 0. The third-order valence-electron chi connectivity index (χ3n) is 4.06. The summed E-state index contributed by atoms with van der Waals surface area (Å²) in [6.07, 6.45) is -4.67. The summed E-state index contributed by atoms with van der Waals surface area (Å²) in [6.45, 7) is 3.55. The van der Waals surface area contributed by atoms with Crippen LogP contribution in [0, 0.1) is 0 Å². The lowest BCUT2D eigenvalue weighted by Gasteiger charge is -2.14. The lowest BCUT2D eigenvalue weighted by Crippen LogP contribution is -2.26. The summed E-state index contributed by atoms with van der Waals surface area (Å²) in [6, 6.07) is 11.0. The van der Waals surface area contributed by atoms with E-state index in [2.05, 4.69) is 4.98 Å². The van der Waals surface area contributed by atoms with Gasteiger partial charge in [0.15, 0.2) is 6.10 Å². The van der Waals surface area contributed by atoms with Crippen LogP contribution in [0.1, 0.15) is 19.4 Å². The topological polar surface area (TPSA) is 57.7 Å². The van der Waals surface area contributed by atoms with E-state index in [9.17, 15) is 18.0 Å². The van der Waals surface area contributed by atoms with Crippen LogP contribution >= 0.6 is 11.6 Å². The minimum absolute atomic E-state index is 0.146. The lowest BCUT2D eigenvalue weighted by molar-refractivity contribution is -0.150. The summed E-state index contributed by atoms with van der Waals surface area (Å²) in [5.74, 6) is 0.156. The van der Waals surface area contributed by atoms with Gasteiger partial charge < -0.3 is 14.2 Å². The van der Waals surface area contributed by atoms with Crippen molar-refractivity contribution in [3.63, 3.8) is 0 Å². The van der Waals surface area contributed by atoms with E-state index >= 15 is 0 Å². The van der Waals surface area contributed by atoms with Gasteiger partial charge in [-0.2, -0.15) is 13.2 Å². The fourth-order valence-corrected chi connectivity index (χ4v) is 2.82. The normalized spacial score (nSPS) is 12.5. The molecule has 1 aromatic heterocycles. The van der Waals surface area contributed by atoms with E-state index in [4.69, 9.17) is 25.8 Å². The summed E-state index contributed by atoms with van der Waals surface area (Å²) in [5.41, 5.74) is -0.962. The zero-order valence-electron chi connectivity index (χ0n) is 16.0. The van der Waals surface area contributed by atoms with Crippen LogP contribution in [-0.4, -0.2) is 23.7 Å². The average Bonchev–Trinajstić information content (AvgIpc) is 2.68. The van der Waals surface area contributed by atoms with Crippen LogP contribution in [0.4, 0.5) is 13.2 Å². The largest absolute Gasteiger partial charge is 0.479 e. The number of halogens is 4. The molecule has 0 spiro atoms. The minimum Gasteiger partial charge on any atom is -0.479 e. The Morgan fingerprint density at radius 2 is 1.77 bits per heavy atom. The standard InChI is InChI=1S/C21H17ClF3NO4/c1-3-28-20(27)12(2)29-16-6-4-13-5-7-17(9-14(13)8-16)30-19-18(22)10-15(11-26-19)21(23,24)25/h4-12H,3H2,1-2H3. The van der Waals surface area contributed by atoms with E-state index in [1.54, 1.807) is 50.2 Å². The maximum Gasteiger partial charge on any atom is 0.417 e. The van der Waals surface area contributed by atoms with Crippen LogP contribution in [0.25, 0.3) is 10.8 Å². The van der Waals surface area contributed by atoms with E-state index in [0.717, 1.165) is 16.8 Å². The van der Waals surface area contributed by atoms with Crippen LogP contribution in [-0.2, 0) is 15.7 Å². The monoisotopic (exact) mass is 439 g/mol. The number of hydrogen-bond acceptors (Lipinski definition) is 5. The van der Waals surface area contributed by atoms with E-state index in [1.165, 1.54) is 0 Å². The highest BCUT2D eigenvalue weighted by Gasteiger charge is 2.31. The maximum absolute atomic E-state index is 12.7. The number of carbonyl (C=O) groups is 1. The summed E-state index contributed by atoms with van der Waals surface area (Å²) < 4.78 is 54.3. The van der Waals surface area contributed by atoms with Crippen molar-refractivity contribution in [3.8, 4) is 17.4 Å². The quantitative estimate of drug-likeness (QED) is 0.439. The van der Waals surface area contributed by atoms with Gasteiger partial charge in [0.2, 0.25) is 5.88 Å². The van der Waals surface area contributed by atoms with Crippen LogP contribution in [0.3, 0.4) is 0 Å². The molecule has 0 fully saturated rings. The minimum atomic E-state index is -4.55. The first-order valence-corrected chi connectivity index (χ1v) is 9.33. The third-order valence-corrected chi connectivity index (χ3v) is 4.33. The Morgan fingerprint density at radius 1 is 1.10 bits per heavy atom. The Bertz CT molecular complexity index is 1070. The molecule has 9 heteroatoms. The SMILES string of the molecule is CCOC(=O)C(C)Oc1ccc2ccc(Oc3ncc(C(F)(F)F)cc3Cl)cc2c1. The number of aromatic nitrogens is 1. The molecule has 0 saturated carbocycles. The molecule has 1 heterocycles. The summed E-state index contributed by atoms with van der Waals surface area (Å²) in [5, 5.41) is 1.33. The average molecular weight is 440 g/mol. The smallest absolute Gasteiger partial charge is 0.417 e. The third kappa shape index (κ3) is 5.13. The summed E-state index contributed by atoms with van der Waals surface area (Å²) in [4.78, 5) is 15.4. The van der Waals surface area contributed by atoms with E-state index < -0.39 is 23.8 Å². The van der Waals surface area contributed by atoms with E-state index in [-0.39, 0.29) is 17.5 Å². The number of hydrogen-bond donors (Lipinski definition) is 0. The van der Waals surface area contributed by atoms with Gasteiger partial charge in [-0.25, -0.2) is 9.78 Å².